The van der Waals surface area contributed by atoms with E-state index < -0.39 is 0 Å². The van der Waals surface area contributed by atoms with E-state index in [0.29, 0.717) is 16.3 Å². The van der Waals surface area contributed by atoms with E-state index in [2.05, 4.69) is 27.3 Å². The van der Waals surface area contributed by atoms with Gasteiger partial charge in [-0.2, -0.15) is 0 Å². The number of ether oxygens (including phenoxy) is 1. The van der Waals surface area contributed by atoms with E-state index in [1.54, 1.807) is 6.07 Å². The van der Waals surface area contributed by atoms with Crippen molar-refractivity contribution in [2.75, 3.05) is 0 Å². The standard InChI is InChI=1S/C16H15BrFNO/c17-15-9-12(18)4-7-16(15)20-14-3-1-2-11(8-14)10-19-13-5-6-13/h1-4,7-9,13,19H,5-6,10H2. The topological polar surface area (TPSA) is 21.3 Å². The second kappa shape index (κ2) is 5.94. The fraction of sp³-hybridized carbons (Fsp3) is 0.250. The molecule has 0 amide bonds. The number of rotatable bonds is 5. The molecule has 2 nitrogen and oxygen atoms in total. The molecule has 0 spiro atoms. The highest BCUT2D eigenvalue weighted by Crippen LogP contribution is 2.30. The van der Waals surface area contributed by atoms with Gasteiger partial charge in [-0.15, -0.1) is 0 Å². The summed E-state index contributed by atoms with van der Waals surface area (Å²) in [7, 11) is 0. The Morgan fingerprint density at radius 2 is 2.05 bits per heavy atom. The van der Waals surface area contributed by atoms with Gasteiger partial charge in [-0.25, -0.2) is 4.39 Å². The second-order valence-electron chi connectivity index (χ2n) is 4.98. The summed E-state index contributed by atoms with van der Waals surface area (Å²) in [6.07, 6.45) is 2.55. The Bertz CT molecular complexity index is 613. The molecule has 1 aliphatic carbocycles. The normalized spacial score (nSPS) is 14.3. The molecular weight excluding hydrogens is 321 g/mol. The van der Waals surface area contributed by atoms with E-state index in [1.165, 1.54) is 30.5 Å². The van der Waals surface area contributed by atoms with Crippen molar-refractivity contribution in [3.05, 3.63) is 58.3 Å². The van der Waals surface area contributed by atoms with Gasteiger partial charge in [-0.3, -0.25) is 0 Å². The Labute approximate surface area is 126 Å². The van der Waals surface area contributed by atoms with E-state index in [0.717, 1.165) is 12.3 Å². The Hall–Kier alpha value is -1.39. The van der Waals surface area contributed by atoms with E-state index >= 15 is 0 Å². The average Bonchev–Trinajstić information content (AvgIpc) is 3.24. The van der Waals surface area contributed by atoms with Gasteiger partial charge in [0, 0.05) is 12.6 Å². The molecular formula is C16H15BrFNO. The minimum Gasteiger partial charge on any atom is -0.456 e. The van der Waals surface area contributed by atoms with Crippen molar-refractivity contribution in [1.82, 2.24) is 5.32 Å². The summed E-state index contributed by atoms with van der Waals surface area (Å²) in [5, 5.41) is 3.47. The molecule has 2 aromatic carbocycles. The molecule has 0 bridgehead atoms. The fourth-order valence-corrected chi connectivity index (χ4v) is 2.39. The summed E-state index contributed by atoms with van der Waals surface area (Å²) in [5.41, 5.74) is 1.19. The lowest BCUT2D eigenvalue weighted by molar-refractivity contribution is 0.476. The molecule has 1 aliphatic rings. The van der Waals surface area contributed by atoms with Crippen LogP contribution in [0.3, 0.4) is 0 Å². The number of hydrogen-bond donors (Lipinski definition) is 1. The van der Waals surface area contributed by atoms with Crippen molar-refractivity contribution in [2.45, 2.75) is 25.4 Å². The third kappa shape index (κ3) is 3.58. The van der Waals surface area contributed by atoms with Crippen molar-refractivity contribution in [2.24, 2.45) is 0 Å². The maximum atomic E-state index is 13.0. The number of hydrogen-bond acceptors (Lipinski definition) is 2. The van der Waals surface area contributed by atoms with Gasteiger partial charge in [0.1, 0.15) is 17.3 Å². The molecule has 2 aromatic rings. The van der Waals surface area contributed by atoms with E-state index in [4.69, 9.17) is 4.74 Å². The van der Waals surface area contributed by atoms with Crippen LogP contribution < -0.4 is 10.1 Å². The van der Waals surface area contributed by atoms with E-state index in [-0.39, 0.29) is 5.82 Å². The maximum Gasteiger partial charge on any atom is 0.141 e. The number of nitrogens with one attached hydrogen (secondary N) is 1. The highest BCUT2D eigenvalue weighted by molar-refractivity contribution is 9.10. The molecule has 1 N–H and O–H groups in total. The first-order valence-corrected chi connectivity index (χ1v) is 7.45. The lowest BCUT2D eigenvalue weighted by Crippen LogP contribution is -2.15. The minimum atomic E-state index is -0.286. The molecule has 0 unspecified atom stereocenters. The fourth-order valence-electron chi connectivity index (χ4n) is 1.95. The van der Waals surface area contributed by atoms with Crippen LogP contribution >= 0.6 is 15.9 Å². The lowest BCUT2D eigenvalue weighted by atomic mass is 10.2. The molecule has 0 aromatic heterocycles. The molecule has 0 atom stereocenters. The molecule has 1 fully saturated rings. The molecule has 20 heavy (non-hydrogen) atoms. The molecule has 0 heterocycles. The first-order valence-electron chi connectivity index (χ1n) is 6.66. The van der Waals surface area contributed by atoms with Crippen molar-refractivity contribution in [1.29, 1.82) is 0 Å². The van der Waals surface area contributed by atoms with Gasteiger partial charge in [-0.05, 0) is 64.7 Å². The quantitative estimate of drug-likeness (QED) is 0.859. The first-order chi connectivity index (χ1) is 9.70. The lowest BCUT2D eigenvalue weighted by Gasteiger charge is -2.09. The number of halogens is 2. The Morgan fingerprint density at radius 3 is 2.80 bits per heavy atom. The van der Waals surface area contributed by atoms with Crippen molar-refractivity contribution in [3.63, 3.8) is 0 Å². The molecule has 4 heteroatoms. The Kier molecular flexibility index (Phi) is 4.03. The van der Waals surface area contributed by atoms with Crippen molar-refractivity contribution < 1.29 is 9.13 Å². The predicted octanol–water partition coefficient (Wildman–Crippen LogP) is 4.63. The largest absolute Gasteiger partial charge is 0.456 e. The van der Waals surface area contributed by atoms with Gasteiger partial charge in [0.05, 0.1) is 4.47 Å². The zero-order valence-electron chi connectivity index (χ0n) is 10.9. The molecule has 0 saturated heterocycles. The molecule has 3 rings (SSSR count). The van der Waals surface area contributed by atoms with Crippen LogP contribution in [0.1, 0.15) is 18.4 Å². The van der Waals surface area contributed by atoms with Gasteiger partial charge < -0.3 is 10.1 Å². The highest BCUT2D eigenvalue weighted by Gasteiger charge is 2.19. The predicted molar refractivity (Wildman–Crippen MR) is 80.5 cm³/mol. The molecule has 1 saturated carbocycles. The summed E-state index contributed by atoms with van der Waals surface area (Å²) >= 11 is 3.30. The van der Waals surface area contributed by atoms with Crippen LogP contribution in [0.2, 0.25) is 0 Å². The van der Waals surface area contributed by atoms with Gasteiger partial charge in [0.2, 0.25) is 0 Å². The average molecular weight is 336 g/mol. The number of benzene rings is 2. The van der Waals surface area contributed by atoms with Gasteiger partial charge >= 0.3 is 0 Å². The second-order valence-corrected chi connectivity index (χ2v) is 5.83. The van der Waals surface area contributed by atoms with Gasteiger partial charge in [0.25, 0.3) is 0 Å². The minimum absolute atomic E-state index is 0.286. The van der Waals surface area contributed by atoms with Crippen LogP contribution in [0.4, 0.5) is 4.39 Å². The van der Waals surface area contributed by atoms with Crippen LogP contribution in [-0.2, 0) is 6.54 Å². The van der Waals surface area contributed by atoms with Crippen LogP contribution in [-0.4, -0.2) is 6.04 Å². The monoisotopic (exact) mass is 335 g/mol. The summed E-state index contributed by atoms with van der Waals surface area (Å²) in [5.74, 6) is 1.08. The van der Waals surface area contributed by atoms with Crippen molar-refractivity contribution in [3.8, 4) is 11.5 Å². The summed E-state index contributed by atoms with van der Waals surface area (Å²) in [6.45, 7) is 0.854. The van der Waals surface area contributed by atoms with Crippen LogP contribution in [0, 0.1) is 5.82 Å². The van der Waals surface area contributed by atoms with E-state index in [1.807, 2.05) is 18.2 Å². The third-order valence-electron chi connectivity index (χ3n) is 3.19. The van der Waals surface area contributed by atoms with Gasteiger partial charge in [0.15, 0.2) is 0 Å². The summed E-state index contributed by atoms with van der Waals surface area (Å²) in [4.78, 5) is 0. The highest BCUT2D eigenvalue weighted by atomic mass is 79.9. The zero-order chi connectivity index (χ0) is 13.9. The summed E-state index contributed by atoms with van der Waals surface area (Å²) in [6, 6.07) is 13.0. The molecule has 104 valence electrons. The third-order valence-corrected chi connectivity index (χ3v) is 3.81. The SMILES string of the molecule is Fc1ccc(Oc2cccc(CNC3CC3)c2)c(Br)c1. The Morgan fingerprint density at radius 1 is 1.20 bits per heavy atom. The van der Waals surface area contributed by atoms with E-state index in [9.17, 15) is 4.39 Å². The summed E-state index contributed by atoms with van der Waals surface area (Å²) < 4.78 is 19.4. The first kappa shape index (κ1) is 13.6. The van der Waals surface area contributed by atoms with Crippen molar-refractivity contribution >= 4 is 15.9 Å². The van der Waals surface area contributed by atoms with Crippen LogP contribution in [0.15, 0.2) is 46.9 Å². The smallest absolute Gasteiger partial charge is 0.141 e. The van der Waals surface area contributed by atoms with Crippen LogP contribution in [0.5, 0.6) is 11.5 Å². The Balaban J connectivity index is 1.70. The molecule has 0 radical (unpaired) electrons. The van der Waals surface area contributed by atoms with Crippen LogP contribution in [0.25, 0.3) is 0 Å². The maximum absolute atomic E-state index is 13.0. The molecule has 0 aliphatic heterocycles. The zero-order valence-corrected chi connectivity index (χ0v) is 12.5. The van der Waals surface area contributed by atoms with Gasteiger partial charge in [-0.1, -0.05) is 12.1 Å².